The van der Waals surface area contributed by atoms with Crippen LogP contribution in [-0.2, 0) is 0 Å². The van der Waals surface area contributed by atoms with Crippen LogP contribution >= 0.6 is 11.6 Å². The third-order valence-corrected chi connectivity index (χ3v) is 2.60. The summed E-state index contributed by atoms with van der Waals surface area (Å²) in [6.07, 6.45) is 0.776. The van der Waals surface area contributed by atoms with Crippen molar-refractivity contribution in [3.63, 3.8) is 0 Å². The summed E-state index contributed by atoms with van der Waals surface area (Å²) >= 11 is 5.82. The molecule has 2 rings (SSSR count). The van der Waals surface area contributed by atoms with Gasteiger partial charge in [-0.2, -0.15) is 0 Å². The zero-order valence-corrected chi connectivity index (χ0v) is 10.2. The number of rotatable bonds is 4. The smallest absolute Gasteiger partial charge is 0.336 e. The second kappa shape index (κ2) is 5.23. The van der Waals surface area contributed by atoms with Crippen LogP contribution in [0.2, 0.25) is 0 Å². The topological polar surface area (TPSA) is 39.4 Å². The maximum Gasteiger partial charge on any atom is 0.336 e. The van der Waals surface area contributed by atoms with E-state index < -0.39 is 0 Å². The Bertz CT molecular complexity index is 560. The van der Waals surface area contributed by atoms with E-state index in [1.54, 1.807) is 12.1 Å². The number of hydrogen-bond donors (Lipinski definition) is 0. The summed E-state index contributed by atoms with van der Waals surface area (Å²) < 4.78 is 10.6. The summed E-state index contributed by atoms with van der Waals surface area (Å²) in [4.78, 5) is 11.1. The van der Waals surface area contributed by atoms with Crippen LogP contribution in [0.1, 0.15) is 13.3 Å². The minimum atomic E-state index is -0.357. The lowest BCUT2D eigenvalue weighted by atomic mass is 10.2. The first-order valence-corrected chi connectivity index (χ1v) is 5.89. The average molecular weight is 253 g/mol. The van der Waals surface area contributed by atoms with Crippen LogP contribution in [0.25, 0.3) is 11.0 Å². The van der Waals surface area contributed by atoms with E-state index >= 15 is 0 Å². The Morgan fingerprint density at radius 1 is 1.35 bits per heavy atom. The highest BCUT2D eigenvalue weighted by Crippen LogP contribution is 2.19. The molecule has 3 nitrogen and oxygen atoms in total. The Balaban J connectivity index is 2.16. The van der Waals surface area contributed by atoms with E-state index in [1.807, 2.05) is 19.1 Å². The standard InChI is InChI=1S/C13H13ClO3/c1-9(14)6-7-16-11-4-2-10-3-5-13(15)17-12(10)8-11/h2-5,8-9H,6-7H2,1H3. The van der Waals surface area contributed by atoms with Crippen molar-refractivity contribution in [2.24, 2.45) is 0 Å². The van der Waals surface area contributed by atoms with Gasteiger partial charge in [-0.25, -0.2) is 4.79 Å². The van der Waals surface area contributed by atoms with Crippen molar-refractivity contribution in [1.82, 2.24) is 0 Å². The molecule has 0 aliphatic carbocycles. The van der Waals surface area contributed by atoms with Crippen molar-refractivity contribution >= 4 is 22.6 Å². The van der Waals surface area contributed by atoms with Crippen LogP contribution in [0, 0.1) is 0 Å². The van der Waals surface area contributed by atoms with Gasteiger partial charge in [-0.1, -0.05) is 0 Å². The SMILES string of the molecule is CC(Cl)CCOc1ccc2ccc(=O)oc2c1. The molecule has 1 aromatic carbocycles. The Morgan fingerprint density at radius 2 is 2.12 bits per heavy atom. The van der Waals surface area contributed by atoms with Crippen LogP contribution in [0.3, 0.4) is 0 Å². The van der Waals surface area contributed by atoms with Gasteiger partial charge in [0, 0.05) is 22.9 Å². The second-order valence-electron chi connectivity index (χ2n) is 3.87. The molecular formula is C13H13ClO3. The van der Waals surface area contributed by atoms with Gasteiger partial charge in [0.25, 0.3) is 0 Å². The fourth-order valence-corrected chi connectivity index (χ4v) is 1.56. The number of benzene rings is 1. The van der Waals surface area contributed by atoms with Crippen LogP contribution in [0.15, 0.2) is 39.5 Å². The molecule has 1 atom stereocenters. The van der Waals surface area contributed by atoms with E-state index in [0.29, 0.717) is 17.9 Å². The molecule has 0 aliphatic heterocycles. The van der Waals surface area contributed by atoms with E-state index in [4.69, 9.17) is 20.8 Å². The lowest BCUT2D eigenvalue weighted by Gasteiger charge is -2.07. The third kappa shape index (κ3) is 3.24. The van der Waals surface area contributed by atoms with E-state index in [0.717, 1.165) is 11.8 Å². The highest BCUT2D eigenvalue weighted by Gasteiger charge is 2.01. The Labute approximate surface area is 104 Å². The van der Waals surface area contributed by atoms with Crippen molar-refractivity contribution in [3.05, 3.63) is 40.8 Å². The number of ether oxygens (including phenoxy) is 1. The predicted molar refractivity (Wildman–Crippen MR) is 67.9 cm³/mol. The van der Waals surface area contributed by atoms with Gasteiger partial charge < -0.3 is 9.15 Å². The molecule has 0 bridgehead atoms. The van der Waals surface area contributed by atoms with E-state index in [1.165, 1.54) is 6.07 Å². The Hall–Kier alpha value is -1.48. The summed E-state index contributed by atoms with van der Waals surface area (Å²) in [7, 11) is 0. The zero-order valence-electron chi connectivity index (χ0n) is 9.48. The van der Waals surface area contributed by atoms with Crippen LogP contribution in [-0.4, -0.2) is 12.0 Å². The van der Waals surface area contributed by atoms with Gasteiger partial charge in [0.05, 0.1) is 6.61 Å². The van der Waals surface area contributed by atoms with Crippen molar-refractivity contribution in [2.45, 2.75) is 18.7 Å². The van der Waals surface area contributed by atoms with Crippen LogP contribution < -0.4 is 10.4 Å². The van der Waals surface area contributed by atoms with Gasteiger partial charge >= 0.3 is 5.63 Å². The molecule has 2 aromatic rings. The van der Waals surface area contributed by atoms with Gasteiger partial charge in [-0.05, 0) is 31.5 Å². The molecule has 0 radical (unpaired) electrons. The molecule has 1 aromatic heterocycles. The van der Waals surface area contributed by atoms with Crippen LogP contribution in [0.5, 0.6) is 5.75 Å². The molecule has 0 N–H and O–H groups in total. The highest BCUT2D eigenvalue weighted by molar-refractivity contribution is 6.20. The van der Waals surface area contributed by atoms with Gasteiger partial charge in [0.1, 0.15) is 11.3 Å². The molecule has 17 heavy (non-hydrogen) atoms. The number of hydrogen-bond acceptors (Lipinski definition) is 3. The fraction of sp³-hybridized carbons (Fsp3) is 0.308. The molecule has 0 saturated carbocycles. The molecule has 1 heterocycles. The minimum Gasteiger partial charge on any atom is -0.493 e. The maximum atomic E-state index is 11.1. The largest absolute Gasteiger partial charge is 0.493 e. The molecule has 1 unspecified atom stereocenters. The lowest BCUT2D eigenvalue weighted by molar-refractivity contribution is 0.310. The van der Waals surface area contributed by atoms with Crippen molar-refractivity contribution < 1.29 is 9.15 Å². The van der Waals surface area contributed by atoms with E-state index in [-0.39, 0.29) is 11.0 Å². The number of halogens is 1. The van der Waals surface area contributed by atoms with E-state index in [9.17, 15) is 4.79 Å². The first kappa shape index (κ1) is 12.0. The van der Waals surface area contributed by atoms with Crippen molar-refractivity contribution in [3.8, 4) is 5.75 Å². The fourth-order valence-electron chi connectivity index (χ4n) is 1.47. The Kier molecular flexibility index (Phi) is 3.69. The highest BCUT2D eigenvalue weighted by atomic mass is 35.5. The zero-order chi connectivity index (χ0) is 12.3. The van der Waals surface area contributed by atoms with Gasteiger partial charge in [-0.15, -0.1) is 11.6 Å². The number of fused-ring (bicyclic) bond motifs is 1. The monoisotopic (exact) mass is 252 g/mol. The lowest BCUT2D eigenvalue weighted by Crippen LogP contribution is -2.03. The molecule has 0 amide bonds. The van der Waals surface area contributed by atoms with Gasteiger partial charge in [0.15, 0.2) is 0 Å². The second-order valence-corrected chi connectivity index (χ2v) is 4.62. The van der Waals surface area contributed by atoms with Gasteiger partial charge in [-0.3, -0.25) is 0 Å². The molecule has 0 fully saturated rings. The third-order valence-electron chi connectivity index (χ3n) is 2.38. The minimum absolute atomic E-state index is 0.0911. The first-order valence-electron chi connectivity index (χ1n) is 5.46. The summed E-state index contributed by atoms with van der Waals surface area (Å²) in [6.45, 7) is 2.47. The Morgan fingerprint density at radius 3 is 2.88 bits per heavy atom. The predicted octanol–water partition coefficient (Wildman–Crippen LogP) is 3.19. The van der Waals surface area contributed by atoms with Crippen molar-refractivity contribution in [1.29, 1.82) is 0 Å². The molecule has 0 saturated heterocycles. The maximum absolute atomic E-state index is 11.1. The average Bonchev–Trinajstić information content (AvgIpc) is 2.28. The van der Waals surface area contributed by atoms with Crippen LogP contribution in [0.4, 0.5) is 0 Å². The van der Waals surface area contributed by atoms with Crippen molar-refractivity contribution in [2.75, 3.05) is 6.61 Å². The summed E-state index contributed by atoms with van der Waals surface area (Å²) in [5.41, 5.74) is 0.179. The van der Waals surface area contributed by atoms with Gasteiger partial charge in [0.2, 0.25) is 0 Å². The molecule has 0 spiro atoms. The summed E-state index contributed by atoms with van der Waals surface area (Å²) in [5.74, 6) is 0.684. The molecular weight excluding hydrogens is 240 g/mol. The number of alkyl halides is 1. The van der Waals surface area contributed by atoms with E-state index in [2.05, 4.69) is 0 Å². The summed E-state index contributed by atoms with van der Waals surface area (Å²) in [6, 6.07) is 8.55. The normalized spacial score (nSPS) is 12.6. The molecule has 0 aliphatic rings. The molecule has 90 valence electrons. The molecule has 4 heteroatoms. The quantitative estimate of drug-likeness (QED) is 0.620. The summed E-state index contributed by atoms with van der Waals surface area (Å²) in [5, 5.41) is 0.969. The first-order chi connectivity index (χ1) is 8.15.